The number of nitrogens with one attached hydrogen (secondary N) is 1. The van der Waals surface area contributed by atoms with Crippen LogP contribution in [0.3, 0.4) is 0 Å². The van der Waals surface area contributed by atoms with Gasteiger partial charge in [0.15, 0.2) is 0 Å². The van der Waals surface area contributed by atoms with Crippen molar-refractivity contribution in [2.24, 2.45) is 0 Å². The minimum Gasteiger partial charge on any atom is -0.468 e. The molecule has 1 aliphatic rings. The molecule has 0 aromatic carbocycles. The maximum Gasteiger partial charge on any atom is 0.424 e. The Bertz CT molecular complexity index is 298. The Morgan fingerprint density at radius 3 is 2.53 bits per heavy atom. The lowest BCUT2D eigenvalue weighted by Crippen LogP contribution is -2.56. The fourth-order valence-corrected chi connectivity index (χ4v) is 1.54. The van der Waals surface area contributed by atoms with E-state index in [1.807, 2.05) is 0 Å². The van der Waals surface area contributed by atoms with Crippen LogP contribution in [0.4, 0.5) is 4.79 Å². The SMILES string of the molecule is COC(=O)[C@H]1CCCN(C(=O)OC(C)(C)C)N1. The largest absolute Gasteiger partial charge is 0.468 e. The lowest BCUT2D eigenvalue weighted by atomic mass is 10.1. The fraction of sp³-hybridized carbons (Fsp3) is 0.818. The van der Waals surface area contributed by atoms with Crippen molar-refractivity contribution in [3.63, 3.8) is 0 Å². The minimum absolute atomic E-state index is 0.363. The van der Waals surface area contributed by atoms with Crippen molar-refractivity contribution in [2.75, 3.05) is 13.7 Å². The molecule has 17 heavy (non-hydrogen) atoms. The lowest BCUT2D eigenvalue weighted by Gasteiger charge is -2.33. The molecular weight excluding hydrogens is 224 g/mol. The van der Waals surface area contributed by atoms with Crippen LogP contribution in [0.2, 0.25) is 0 Å². The molecule has 98 valence electrons. The summed E-state index contributed by atoms with van der Waals surface area (Å²) < 4.78 is 9.85. The van der Waals surface area contributed by atoms with Crippen molar-refractivity contribution in [3.8, 4) is 0 Å². The highest BCUT2D eigenvalue weighted by molar-refractivity contribution is 5.76. The number of hydrogen-bond donors (Lipinski definition) is 1. The van der Waals surface area contributed by atoms with Gasteiger partial charge in [-0.2, -0.15) is 0 Å². The second-order valence-corrected chi connectivity index (χ2v) is 4.98. The molecule has 1 heterocycles. The number of rotatable bonds is 1. The highest BCUT2D eigenvalue weighted by Gasteiger charge is 2.30. The molecular formula is C11H20N2O4. The summed E-state index contributed by atoms with van der Waals surface area (Å²) in [4.78, 5) is 23.1. The lowest BCUT2D eigenvalue weighted by molar-refractivity contribution is -0.145. The Morgan fingerprint density at radius 2 is 2.00 bits per heavy atom. The number of esters is 1. The smallest absolute Gasteiger partial charge is 0.424 e. The first-order chi connectivity index (χ1) is 7.83. The van der Waals surface area contributed by atoms with Crippen LogP contribution in [-0.2, 0) is 14.3 Å². The molecule has 1 saturated heterocycles. The summed E-state index contributed by atoms with van der Waals surface area (Å²) in [5.74, 6) is -0.363. The van der Waals surface area contributed by atoms with Gasteiger partial charge < -0.3 is 9.47 Å². The molecule has 0 unspecified atom stereocenters. The first-order valence-electron chi connectivity index (χ1n) is 5.68. The second-order valence-electron chi connectivity index (χ2n) is 4.98. The molecule has 1 fully saturated rings. The summed E-state index contributed by atoms with van der Waals surface area (Å²) in [7, 11) is 1.33. The van der Waals surface area contributed by atoms with Crippen molar-refractivity contribution in [2.45, 2.75) is 45.3 Å². The normalized spacial score (nSPS) is 20.9. The van der Waals surface area contributed by atoms with Gasteiger partial charge in [0.2, 0.25) is 0 Å². The fourth-order valence-electron chi connectivity index (χ4n) is 1.54. The Hall–Kier alpha value is -1.30. The Kier molecular flexibility index (Phi) is 4.34. The standard InChI is InChI=1S/C11H20N2O4/c1-11(2,3)17-10(15)13-7-5-6-8(12-13)9(14)16-4/h8,12H,5-7H2,1-4H3/t8-/m1/s1. The summed E-state index contributed by atoms with van der Waals surface area (Å²) >= 11 is 0. The van der Waals surface area contributed by atoms with Crippen LogP contribution < -0.4 is 5.43 Å². The van der Waals surface area contributed by atoms with Crippen LogP contribution in [-0.4, -0.2) is 42.4 Å². The van der Waals surface area contributed by atoms with E-state index in [0.29, 0.717) is 13.0 Å². The van der Waals surface area contributed by atoms with Gasteiger partial charge in [-0.15, -0.1) is 0 Å². The molecule has 6 heteroatoms. The first kappa shape index (κ1) is 13.8. The van der Waals surface area contributed by atoms with Crippen LogP contribution in [0.1, 0.15) is 33.6 Å². The van der Waals surface area contributed by atoms with Gasteiger partial charge in [0, 0.05) is 6.54 Å². The van der Waals surface area contributed by atoms with Crippen molar-refractivity contribution in [1.29, 1.82) is 0 Å². The highest BCUT2D eigenvalue weighted by Crippen LogP contribution is 2.13. The van der Waals surface area contributed by atoms with E-state index < -0.39 is 17.7 Å². The van der Waals surface area contributed by atoms with E-state index in [-0.39, 0.29) is 5.97 Å². The van der Waals surface area contributed by atoms with Crippen molar-refractivity contribution in [3.05, 3.63) is 0 Å². The molecule has 0 bridgehead atoms. The van der Waals surface area contributed by atoms with Gasteiger partial charge in [0.1, 0.15) is 11.6 Å². The average molecular weight is 244 g/mol. The zero-order valence-electron chi connectivity index (χ0n) is 10.8. The molecule has 0 saturated carbocycles. The number of carbonyl (C=O) groups is 2. The molecule has 6 nitrogen and oxygen atoms in total. The zero-order chi connectivity index (χ0) is 13.1. The topological polar surface area (TPSA) is 67.9 Å². The molecule has 0 aromatic heterocycles. The van der Waals surface area contributed by atoms with Gasteiger partial charge in [-0.3, -0.25) is 4.79 Å². The molecule has 0 radical (unpaired) electrons. The number of amides is 1. The van der Waals surface area contributed by atoms with Gasteiger partial charge in [-0.25, -0.2) is 15.2 Å². The maximum atomic E-state index is 11.8. The molecule has 1 rings (SSSR count). The third-order valence-electron chi connectivity index (χ3n) is 2.29. The van der Waals surface area contributed by atoms with Crippen LogP contribution >= 0.6 is 0 Å². The van der Waals surface area contributed by atoms with E-state index in [2.05, 4.69) is 10.2 Å². The number of nitrogens with zero attached hydrogens (tertiary/aromatic N) is 1. The predicted molar refractivity (Wildman–Crippen MR) is 61.1 cm³/mol. The molecule has 1 aliphatic heterocycles. The summed E-state index contributed by atoms with van der Waals surface area (Å²) in [6, 6.07) is -0.471. The second kappa shape index (κ2) is 5.35. The predicted octanol–water partition coefficient (Wildman–Crippen LogP) is 1.06. The molecule has 0 spiro atoms. The number of carbonyl (C=O) groups excluding carboxylic acids is 2. The zero-order valence-corrected chi connectivity index (χ0v) is 10.8. The van der Waals surface area contributed by atoms with Gasteiger partial charge >= 0.3 is 12.1 Å². The maximum absolute atomic E-state index is 11.8. The van der Waals surface area contributed by atoms with Crippen LogP contribution in [0.15, 0.2) is 0 Å². The van der Waals surface area contributed by atoms with Crippen molar-refractivity contribution in [1.82, 2.24) is 10.4 Å². The van der Waals surface area contributed by atoms with Gasteiger partial charge in [-0.1, -0.05) is 0 Å². The van der Waals surface area contributed by atoms with Crippen molar-refractivity contribution < 1.29 is 19.1 Å². The summed E-state index contributed by atoms with van der Waals surface area (Å²) in [5, 5.41) is 1.33. The molecule has 1 amide bonds. The first-order valence-corrected chi connectivity index (χ1v) is 5.68. The Morgan fingerprint density at radius 1 is 1.35 bits per heavy atom. The van der Waals surface area contributed by atoms with Gasteiger partial charge in [0.05, 0.1) is 7.11 Å². The van der Waals surface area contributed by atoms with E-state index in [4.69, 9.17) is 4.74 Å². The monoisotopic (exact) mass is 244 g/mol. The Labute approximate surface area is 101 Å². The molecule has 0 aliphatic carbocycles. The highest BCUT2D eigenvalue weighted by atomic mass is 16.6. The van der Waals surface area contributed by atoms with Crippen molar-refractivity contribution >= 4 is 12.1 Å². The van der Waals surface area contributed by atoms with Gasteiger partial charge in [0.25, 0.3) is 0 Å². The van der Waals surface area contributed by atoms with Crippen LogP contribution in [0.25, 0.3) is 0 Å². The number of methoxy groups -OCH3 is 1. The Balaban J connectivity index is 2.55. The molecule has 0 aromatic rings. The summed E-state index contributed by atoms with van der Waals surface area (Å²) in [6.45, 7) is 5.92. The average Bonchev–Trinajstić information content (AvgIpc) is 2.26. The number of ether oxygens (including phenoxy) is 2. The van der Waals surface area contributed by atoms with Gasteiger partial charge in [-0.05, 0) is 33.6 Å². The van der Waals surface area contributed by atoms with E-state index in [1.54, 1.807) is 20.8 Å². The van der Waals surface area contributed by atoms with Crippen LogP contribution in [0.5, 0.6) is 0 Å². The van der Waals surface area contributed by atoms with E-state index in [1.165, 1.54) is 12.1 Å². The molecule has 1 N–H and O–H groups in total. The van der Waals surface area contributed by atoms with E-state index in [9.17, 15) is 9.59 Å². The van der Waals surface area contributed by atoms with E-state index >= 15 is 0 Å². The summed E-state index contributed by atoms with van der Waals surface area (Å²) in [6.07, 6.45) is 0.934. The van der Waals surface area contributed by atoms with E-state index in [0.717, 1.165) is 6.42 Å². The number of hydrazine groups is 1. The van der Waals surface area contributed by atoms with Crippen LogP contribution in [0, 0.1) is 0 Å². The third-order valence-corrected chi connectivity index (χ3v) is 2.29. The molecule has 1 atom stereocenters. The third kappa shape index (κ3) is 4.22. The summed E-state index contributed by atoms with van der Waals surface area (Å²) in [5.41, 5.74) is 2.27. The minimum atomic E-state index is -0.545. The number of hydrogen-bond acceptors (Lipinski definition) is 5. The quantitative estimate of drug-likeness (QED) is 0.699.